The number of anilines is 1. The highest BCUT2D eigenvalue weighted by Crippen LogP contribution is 2.24. The Hall–Kier alpha value is -3.39. The van der Waals surface area contributed by atoms with Gasteiger partial charge in [0.25, 0.3) is 10.0 Å². The number of aliphatic imine (C=N–C) groups is 1. The molecule has 0 saturated carbocycles. The van der Waals surface area contributed by atoms with Gasteiger partial charge in [-0.15, -0.1) is 0 Å². The van der Waals surface area contributed by atoms with Crippen LogP contribution in [0.25, 0.3) is 0 Å². The van der Waals surface area contributed by atoms with Gasteiger partial charge in [0.1, 0.15) is 17.3 Å². The van der Waals surface area contributed by atoms with Crippen LogP contribution in [0.15, 0.2) is 76.7 Å². The molecule has 0 aliphatic heterocycles. The first kappa shape index (κ1) is 19.4. The monoisotopic (exact) mass is 397 g/mol. The van der Waals surface area contributed by atoms with E-state index in [1.807, 2.05) is 0 Å². The van der Waals surface area contributed by atoms with Gasteiger partial charge in [-0.3, -0.25) is 9.71 Å². The number of aromatic nitrogens is 1. The van der Waals surface area contributed by atoms with E-state index in [4.69, 9.17) is 9.47 Å². The van der Waals surface area contributed by atoms with Crippen LogP contribution in [0.2, 0.25) is 0 Å². The van der Waals surface area contributed by atoms with Crippen LogP contribution < -0.4 is 14.2 Å². The zero-order chi connectivity index (χ0) is 20.0. The highest BCUT2D eigenvalue weighted by atomic mass is 32.2. The molecule has 0 bridgehead atoms. The summed E-state index contributed by atoms with van der Waals surface area (Å²) in [7, 11) is -0.557. The summed E-state index contributed by atoms with van der Waals surface area (Å²) >= 11 is 0. The fourth-order valence-electron chi connectivity index (χ4n) is 2.42. The van der Waals surface area contributed by atoms with Crippen molar-refractivity contribution in [2.45, 2.75) is 4.90 Å². The van der Waals surface area contributed by atoms with Crippen LogP contribution in [0.4, 0.5) is 11.5 Å². The Labute approximate surface area is 163 Å². The molecule has 3 rings (SSSR count). The normalized spacial score (nSPS) is 11.4. The third-order valence-corrected chi connectivity index (χ3v) is 5.21. The average molecular weight is 397 g/mol. The molecule has 0 fully saturated rings. The molecular weight excluding hydrogens is 378 g/mol. The van der Waals surface area contributed by atoms with E-state index in [0.29, 0.717) is 17.2 Å². The predicted molar refractivity (Wildman–Crippen MR) is 108 cm³/mol. The topological polar surface area (TPSA) is 89.9 Å². The van der Waals surface area contributed by atoms with Crippen LogP contribution in [0.3, 0.4) is 0 Å². The maximum absolute atomic E-state index is 12.4. The molecule has 2 aromatic carbocycles. The minimum Gasteiger partial charge on any atom is -0.497 e. The van der Waals surface area contributed by atoms with Crippen LogP contribution in [0, 0.1) is 0 Å². The molecule has 1 N–H and O–H groups in total. The van der Waals surface area contributed by atoms with Crippen molar-refractivity contribution in [2.75, 3.05) is 18.9 Å². The number of hydrogen-bond donors (Lipinski definition) is 1. The summed E-state index contributed by atoms with van der Waals surface area (Å²) in [6, 6.07) is 16.6. The second kappa shape index (κ2) is 8.53. The average Bonchev–Trinajstić information content (AvgIpc) is 2.72. The molecule has 8 heteroatoms. The van der Waals surface area contributed by atoms with E-state index in [-0.39, 0.29) is 10.7 Å². The third-order valence-electron chi connectivity index (χ3n) is 3.84. The summed E-state index contributed by atoms with van der Waals surface area (Å²) in [4.78, 5) is 8.47. The number of sulfonamides is 1. The summed E-state index contributed by atoms with van der Waals surface area (Å²) in [5.74, 6) is 1.60. The van der Waals surface area contributed by atoms with Crippen molar-refractivity contribution in [3.63, 3.8) is 0 Å². The summed E-state index contributed by atoms with van der Waals surface area (Å²) in [5, 5.41) is 0. The molecule has 0 unspecified atom stereocenters. The SMILES string of the molecule is COc1ccc(OC)c(C=Nc2ccc(S(=O)(=O)Nc3ccccn3)cc2)c1. The number of hydrogen-bond acceptors (Lipinski definition) is 6. The number of nitrogens with one attached hydrogen (secondary N) is 1. The second-order valence-electron chi connectivity index (χ2n) is 5.68. The summed E-state index contributed by atoms with van der Waals surface area (Å²) < 4.78 is 37.8. The Morgan fingerprint density at radius 3 is 2.43 bits per heavy atom. The molecule has 0 amide bonds. The molecule has 0 radical (unpaired) electrons. The minimum absolute atomic E-state index is 0.121. The van der Waals surface area contributed by atoms with Crippen molar-refractivity contribution < 1.29 is 17.9 Å². The number of rotatable bonds is 7. The molecule has 1 aromatic heterocycles. The molecule has 0 aliphatic rings. The van der Waals surface area contributed by atoms with Crippen molar-refractivity contribution >= 4 is 27.7 Å². The van der Waals surface area contributed by atoms with Gasteiger partial charge in [-0.2, -0.15) is 0 Å². The van der Waals surface area contributed by atoms with E-state index < -0.39 is 10.0 Å². The van der Waals surface area contributed by atoms with Gasteiger partial charge in [0.15, 0.2) is 0 Å². The van der Waals surface area contributed by atoms with Gasteiger partial charge in [0, 0.05) is 18.0 Å². The van der Waals surface area contributed by atoms with Gasteiger partial charge in [-0.05, 0) is 54.6 Å². The van der Waals surface area contributed by atoms with E-state index in [9.17, 15) is 8.42 Å². The van der Waals surface area contributed by atoms with E-state index in [0.717, 1.165) is 5.56 Å². The lowest BCUT2D eigenvalue weighted by Gasteiger charge is -2.08. The first-order chi connectivity index (χ1) is 13.5. The van der Waals surface area contributed by atoms with Gasteiger partial charge in [0.05, 0.1) is 24.8 Å². The number of nitrogens with zero attached hydrogens (tertiary/aromatic N) is 2. The summed E-state index contributed by atoms with van der Waals surface area (Å²) in [6.45, 7) is 0. The molecule has 28 heavy (non-hydrogen) atoms. The smallest absolute Gasteiger partial charge is 0.263 e. The minimum atomic E-state index is -3.72. The van der Waals surface area contributed by atoms with Gasteiger partial charge >= 0.3 is 0 Å². The number of methoxy groups -OCH3 is 2. The Balaban J connectivity index is 1.79. The zero-order valence-corrected chi connectivity index (χ0v) is 16.2. The standard InChI is InChI=1S/C20H19N3O4S/c1-26-17-8-11-19(27-2)15(13-17)14-22-16-6-9-18(10-7-16)28(24,25)23-20-5-3-4-12-21-20/h3-14H,1-2H3,(H,21,23). The van der Waals surface area contributed by atoms with Crippen LogP contribution in [0.5, 0.6) is 11.5 Å². The molecule has 7 nitrogen and oxygen atoms in total. The van der Waals surface area contributed by atoms with Gasteiger partial charge in [-0.1, -0.05) is 6.07 Å². The maximum Gasteiger partial charge on any atom is 0.263 e. The van der Waals surface area contributed by atoms with E-state index >= 15 is 0 Å². The lowest BCUT2D eigenvalue weighted by Crippen LogP contribution is -2.13. The molecule has 0 spiro atoms. The number of ether oxygens (including phenoxy) is 2. The van der Waals surface area contributed by atoms with Gasteiger partial charge in [0.2, 0.25) is 0 Å². The molecule has 1 heterocycles. The van der Waals surface area contributed by atoms with Crippen molar-refractivity contribution in [1.82, 2.24) is 4.98 Å². The van der Waals surface area contributed by atoms with Crippen molar-refractivity contribution in [3.05, 3.63) is 72.4 Å². The first-order valence-electron chi connectivity index (χ1n) is 8.32. The second-order valence-corrected chi connectivity index (χ2v) is 7.36. The summed E-state index contributed by atoms with van der Waals surface area (Å²) in [5.41, 5.74) is 1.34. The lowest BCUT2D eigenvalue weighted by molar-refractivity contribution is 0.402. The Morgan fingerprint density at radius 1 is 1.00 bits per heavy atom. The fourth-order valence-corrected chi connectivity index (χ4v) is 3.42. The Kier molecular flexibility index (Phi) is 5.90. The van der Waals surface area contributed by atoms with Crippen LogP contribution in [0.1, 0.15) is 5.56 Å². The number of pyridine rings is 1. The molecule has 0 saturated heterocycles. The molecular formula is C20H19N3O4S. The molecule has 0 aliphatic carbocycles. The van der Waals surface area contributed by atoms with Crippen molar-refractivity contribution in [2.24, 2.45) is 4.99 Å². The predicted octanol–water partition coefficient (Wildman–Crippen LogP) is 3.65. The zero-order valence-electron chi connectivity index (χ0n) is 15.4. The molecule has 3 aromatic rings. The van der Waals surface area contributed by atoms with E-state index in [1.54, 1.807) is 69.0 Å². The van der Waals surface area contributed by atoms with Crippen LogP contribution in [-0.2, 0) is 10.0 Å². The van der Waals surface area contributed by atoms with Gasteiger partial charge in [-0.25, -0.2) is 13.4 Å². The van der Waals surface area contributed by atoms with Crippen molar-refractivity contribution in [1.29, 1.82) is 0 Å². The van der Waals surface area contributed by atoms with Gasteiger partial charge < -0.3 is 9.47 Å². The Morgan fingerprint density at radius 2 is 1.79 bits per heavy atom. The quantitative estimate of drug-likeness (QED) is 0.615. The third kappa shape index (κ3) is 4.66. The maximum atomic E-state index is 12.4. The van der Waals surface area contributed by atoms with E-state index in [2.05, 4.69) is 14.7 Å². The van der Waals surface area contributed by atoms with Crippen LogP contribution >= 0.6 is 0 Å². The number of benzene rings is 2. The lowest BCUT2D eigenvalue weighted by atomic mass is 10.2. The van der Waals surface area contributed by atoms with E-state index in [1.165, 1.54) is 18.3 Å². The molecule has 0 atom stereocenters. The Bertz CT molecular complexity index is 1070. The highest BCUT2D eigenvalue weighted by Gasteiger charge is 2.14. The highest BCUT2D eigenvalue weighted by molar-refractivity contribution is 7.92. The summed E-state index contributed by atoms with van der Waals surface area (Å²) in [6.07, 6.45) is 3.15. The largest absolute Gasteiger partial charge is 0.497 e. The first-order valence-corrected chi connectivity index (χ1v) is 9.80. The van der Waals surface area contributed by atoms with Crippen LogP contribution in [-0.4, -0.2) is 33.8 Å². The fraction of sp³-hybridized carbons (Fsp3) is 0.100. The van der Waals surface area contributed by atoms with Crippen molar-refractivity contribution in [3.8, 4) is 11.5 Å². The molecule has 144 valence electrons.